The summed E-state index contributed by atoms with van der Waals surface area (Å²) in [6.45, 7) is 13.1. The highest BCUT2D eigenvalue weighted by atomic mass is 16.5. The number of anilines is 1. The first-order valence-electron chi connectivity index (χ1n) is 11.4. The zero-order valence-electron chi connectivity index (χ0n) is 20.4. The van der Waals surface area contributed by atoms with Gasteiger partial charge in [-0.1, -0.05) is 58.2 Å². The number of allylic oxidation sites excluding steroid dienone is 7. The fourth-order valence-corrected chi connectivity index (χ4v) is 3.04. The molecule has 31 heavy (non-hydrogen) atoms. The first-order chi connectivity index (χ1) is 14.8. The number of carbonyl (C=O) groups is 1. The maximum Gasteiger partial charge on any atom is 0.411 e. The molecule has 0 heterocycles. The van der Waals surface area contributed by atoms with Gasteiger partial charge in [0.1, 0.15) is 6.61 Å². The van der Waals surface area contributed by atoms with Crippen LogP contribution in [-0.2, 0) is 4.74 Å². The molecule has 0 bridgehead atoms. The molecule has 1 aromatic rings. The van der Waals surface area contributed by atoms with Gasteiger partial charge in [-0.15, -0.1) is 0 Å². The minimum absolute atomic E-state index is 0.295. The van der Waals surface area contributed by atoms with E-state index in [4.69, 9.17) is 4.74 Å². The molecule has 0 aliphatic rings. The second-order valence-electron chi connectivity index (χ2n) is 8.64. The number of amides is 1. The molecule has 0 aliphatic heterocycles. The van der Waals surface area contributed by atoms with Crippen molar-refractivity contribution in [3.8, 4) is 0 Å². The molecule has 0 radical (unpaired) electrons. The van der Waals surface area contributed by atoms with Crippen LogP contribution in [0.2, 0.25) is 0 Å². The van der Waals surface area contributed by atoms with Gasteiger partial charge in [0, 0.05) is 5.69 Å². The lowest BCUT2D eigenvalue weighted by atomic mass is 10.0. The standard InChI is InChI=1S/C28H41NO2/c1-22(2)10-7-11-23(3)12-8-13-24(4)14-9-15-25(5)20-21-31-28(30)29-27-18-16-26(6)17-19-27/h10,12,14,16-20H,7-9,11,13,15,21H2,1-6H3,(H,29,30). The largest absolute Gasteiger partial charge is 0.445 e. The lowest BCUT2D eigenvalue weighted by Crippen LogP contribution is -2.13. The number of carbonyl (C=O) groups excluding carboxylic acids is 1. The molecule has 3 heteroatoms. The highest BCUT2D eigenvalue weighted by Gasteiger charge is 2.01. The van der Waals surface area contributed by atoms with Crippen molar-refractivity contribution in [1.82, 2.24) is 0 Å². The van der Waals surface area contributed by atoms with Crippen molar-refractivity contribution < 1.29 is 9.53 Å². The fourth-order valence-electron chi connectivity index (χ4n) is 3.04. The Morgan fingerprint density at radius 3 is 1.77 bits per heavy atom. The maximum atomic E-state index is 11.8. The van der Waals surface area contributed by atoms with Crippen LogP contribution in [0.3, 0.4) is 0 Å². The lowest BCUT2D eigenvalue weighted by Gasteiger charge is -2.06. The summed E-state index contributed by atoms with van der Waals surface area (Å²) >= 11 is 0. The topological polar surface area (TPSA) is 38.3 Å². The Morgan fingerprint density at radius 2 is 1.26 bits per heavy atom. The van der Waals surface area contributed by atoms with Gasteiger partial charge in [-0.2, -0.15) is 0 Å². The summed E-state index contributed by atoms with van der Waals surface area (Å²) in [4.78, 5) is 11.8. The number of benzene rings is 1. The van der Waals surface area contributed by atoms with Crippen molar-refractivity contribution in [3.05, 3.63) is 76.4 Å². The molecule has 0 aromatic heterocycles. The van der Waals surface area contributed by atoms with E-state index >= 15 is 0 Å². The molecule has 0 saturated carbocycles. The summed E-state index contributed by atoms with van der Waals surface area (Å²) in [7, 11) is 0. The van der Waals surface area contributed by atoms with Gasteiger partial charge >= 0.3 is 6.09 Å². The van der Waals surface area contributed by atoms with E-state index in [2.05, 4.69) is 58.2 Å². The molecule has 0 aliphatic carbocycles. The van der Waals surface area contributed by atoms with Gasteiger partial charge in [-0.25, -0.2) is 4.79 Å². The van der Waals surface area contributed by atoms with Gasteiger partial charge in [0.05, 0.1) is 0 Å². The molecule has 0 saturated heterocycles. The van der Waals surface area contributed by atoms with E-state index in [1.807, 2.05) is 37.3 Å². The van der Waals surface area contributed by atoms with Gasteiger partial charge < -0.3 is 4.74 Å². The number of hydrogen-bond donors (Lipinski definition) is 1. The number of ether oxygens (including phenoxy) is 1. The predicted molar refractivity (Wildman–Crippen MR) is 135 cm³/mol. The molecule has 1 N–H and O–H groups in total. The van der Waals surface area contributed by atoms with E-state index < -0.39 is 6.09 Å². The molecule has 0 atom stereocenters. The highest BCUT2D eigenvalue weighted by molar-refractivity contribution is 5.84. The van der Waals surface area contributed by atoms with Gasteiger partial charge in [0.15, 0.2) is 0 Å². The van der Waals surface area contributed by atoms with E-state index in [9.17, 15) is 4.79 Å². The van der Waals surface area contributed by atoms with Crippen LogP contribution >= 0.6 is 0 Å². The number of hydrogen-bond acceptors (Lipinski definition) is 2. The van der Waals surface area contributed by atoms with Crippen molar-refractivity contribution >= 4 is 11.8 Å². The average molecular weight is 424 g/mol. The van der Waals surface area contributed by atoms with Gasteiger partial charge in [-0.05, 0) is 98.3 Å². The van der Waals surface area contributed by atoms with Crippen molar-refractivity contribution in [2.24, 2.45) is 0 Å². The molecule has 1 amide bonds. The normalized spacial score (nSPS) is 12.5. The van der Waals surface area contributed by atoms with Crippen LogP contribution in [0.4, 0.5) is 10.5 Å². The fraction of sp³-hybridized carbons (Fsp3) is 0.464. The Balaban J connectivity index is 2.23. The first-order valence-corrected chi connectivity index (χ1v) is 11.4. The highest BCUT2D eigenvalue weighted by Crippen LogP contribution is 2.14. The van der Waals surface area contributed by atoms with Crippen molar-refractivity contribution in [3.63, 3.8) is 0 Å². The number of rotatable bonds is 12. The van der Waals surface area contributed by atoms with Crippen LogP contribution in [0.1, 0.15) is 78.7 Å². The molecule has 3 nitrogen and oxygen atoms in total. The number of nitrogens with one attached hydrogen (secondary N) is 1. The summed E-state index contributed by atoms with van der Waals surface area (Å²) in [5.41, 5.74) is 7.46. The van der Waals surface area contributed by atoms with E-state index in [0.717, 1.165) is 49.8 Å². The van der Waals surface area contributed by atoms with Crippen molar-refractivity contribution in [1.29, 1.82) is 0 Å². The molecule has 170 valence electrons. The van der Waals surface area contributed by atoms with Gasteiger partial charge in [-0.3, -0.25) is 5.32 Å². The lowest BCUT2D eigenvalue weighted by molar-refractivity contribution is 0.174. The summed E-state index contributed by atoms with van der Waals surface area (Å²) < 4.78 is 5.24. The third-order valence-electron chi connectivity index (χ3n) is 5.10. The van der Waals surface area contributed by atoms with Crippen LogP contribution < -0.4 is 5.32 Å². The smallest absolute Gasteiger partial charge is 0.411 e. The molecule has 0 fully saturated rings. The molecular formula is C28H41NO2. The second-order valence-corrected chi connectivity index (χ2v) is 8.64. The van der Waals surface area contributed by atoms with E-state index in [1.54, 1.807) is 0 Å². The third kappa shape index (κ3) is 14.1. The van der Waals surface area contributed by atoms with E-state index in [-0.39, 0.29) is 0 Å². The third-order valence-corrected chi connectivity index (χ3v) is 5.10. The predicted octanol–water partition coefficient (Wildman–Crippen LogP) is 8.69. The Labute approximate surface area is 190 Å². The van der Waals surface area contributed by atoms with Gasteiger partial charge in [0.2, 0.25) is 0 Å². The van der Waals surface area contributed by atoms with Crippen molar-refractivity contribution in [2.45, 2.75) is 80.1 Å². The van der Waals surface area contributed by atoms with Crippen LogP contribution in [-0.4, -0.2) is 12.7 Å². The Kier molecular flexibility index (Phi) is 13.1. The zero-order chi connectivity index (χ0) is 23.1. The summed E-state index contributed by atoms with van der Waals surface area (Å²) in [5, 5.41) is 2.74. The molecule has 1 aromatic carbocycles. The Bertz CT molecular complexity index is 791. The summed E-state index contributed by atoms with van der Waals surface area (Å²) in [5.74, 6) is 0. The summed E-state index contributed by atoms with van der Waals surface area (Å²) in [6.07, 6.45) is 15.1. The Morgan fingerprint density at radius 1 is 0.774 bits per heavy atom. The zero-order valence-corrected chi connectivity index (χ0v) is 20.4. The van der Waals surface area contributed by atoms with Crippen LogP contribution in [0.5, 0.6) is 0 Å². The van der Waals surface area contributed by atoms with E-state index in [1.165, 1.54) is 22.3 Å². The first kappa shape index (κ1) is 26.5. The maximum absolute atomic E-state index is 11.8. The molecule has 0 unspecified atom stereocenters. The quantitative estimate of drug-likeness (QED) is 0.341. The molecule has 0 spiro atoms. The Hall–Kier alpha value is -2.55. The monoisotopic (exact) mass is 423 g/mol. The molecule has 1 rings (SSSR count). The van der Waals surface area contributed by atoms with Crippen LogP contribution in [0.25, 0.3) is 0 Å². The SMILES string of the molecule is CC(C)=CCCC(C)=CCCC(C)=CCCC(C)=CCOC(=O)Nc1ccc(C)cc1. The minimum atomic E-state index is -0.423. The summed E-state index contributed by atoms with van der Waals surface area (Å²) in [6, 6.07) is 7.65. The van der Waals surface area contributed by atoms with Crippen molar-refractivity contribution in [2.75, 3.05) is 11.9 Å². The second kappa shape index (κ2) is 15.3. The average Bonchev–Trinajstić information content (AvgIpc) is 2.69. The minimum Gasteiger partial charge on any atom is -0.445 e. The van der Waals surface area contributed by atoms with Crippen LogP contribution in [0.15, 0.2) is 70.9 Å². The van der Waals surface area contributed by atoms with Crippen LogP contribution in [0, 0.1) is 6.92 Å². The van der Waals surface area contributed by atoms with E-state index in [0.29, 0.717) is 6.61 Å². The van der Waals surface area contributed by atoms with Gasteiger partial charge in [0.25, 0.3) is 0 Å². The molecular weight excluding hydrogens is 382 g/mol. The number of aryl methyl sites for hydroxylation is 1.